The minimum atomic E-state index is -3.76. The van der Waals surface area contributed by atoms with E-state index in [2.05, 4.69) is 10.2 Å². The second-order valence-electron chi connectivity index (χ2n) is 6.96. The first-order valence-electron chi connectivity index (χ1n) is 9.13. The van der Waals surface area contributed by atoms with Crippen molar-refractivity contribution in [1.29, 1.82) is 0 Å². The number of hydrogen-bond acceptors (Lipinski definition) is 4. The van der Waals surface area contributed by atoms with Crippen LogP contribution in [0.4, 0.5) is 0 Å². The molecule has 1 aliphatic heterocycles. The van der Waals surface area contributed by atoms with Gasteiger partial charge >= 0.3 is 0 Å². The van der Waals surface area contributed by atoms with Crippen molar-refractivity contribution >= 4 is 27.5 Å². The Morgan fingerprint density at radius 1 is 1.07 bits per heavy atom. The van der Waals surface area contributed by atoms with Crippen molar-refractivity contribution in [2.24, 2.45) is 0 Å². The Bertz CT molecular complexity index is 942. The van der Waals surface area contributed by atoms with Crippen molar-refractivity contribution in [3.05, 3.63) is 64.7 Å². The summed E-state index contributed by atoms with van der Waals surface area (Å²) in [4.78, 5) is 14.7. The van der Waals surface area contributed by atoms with Crippen LogP contribution >= 0.6 is 11.6 Å². The zero-order chi connectivity index (χ0) is 20.3. The molecule has 1 heterocycles. The summed E-state index contributed by atoms with van der Waals surface area (Å²) in [6, 6.07) is 13.7. The zero-order valence-electron chi connectivity index (χ0n) is 15.9. The number of carbonyl (C=O) groups is 1. The van der Waals surface area contributed by atoms with Gasteiger partial charge in [0.15, 0.2) is 0 Å². The van der Waals surface area contributed by atoms with E-state index in [0.29, 0.717) is 26.2 Å². The van der Waals surface area contributed by atoms with Gasteiger partial charge in [-0.2, -0.15) is 4.31 Å². The maximum atomic E-state index is 13.0. The number of amides is 1. The average molecular weight is 422 g/mol. The molecule has 150 valence electrons. The van der Waals surface area contributed by atoms with E-state index >= 15 is 0 Å². The van der Waals surface area contributed by atoms with E-state index in [1.54, 1.807) is 6.07 Å². The van der Waals surface area contributed by atoms with Gasteiger partial charge in [-0.1, -0.05) is 41.9 Å². The smallest absolute Gasteiger partial charge is 0.251 e. The van der Waals surface area contributed by atoms with Crippen molar-refractivity contribution in [2.75, 3.05) is 33.2 Å². The molecule has 0 saturated carbocycles. The van der Waals surface area contributed by atoms with Crippen LogP contribution < -0.4 is 5.32 Å². The SMILES string of the molecule is C[C@@H](NC(=O)c1ccc(Cl)c(S(=O)(=O)N2CCN(C)CC2)c1)c1ccccc1. The Labute approximate surface area is 171 Å². The van der Waals surface area contributed by atoms with Gasteiger partial charge in [-0.15, -0.1) is 0 Å². The van der Waals surface area contributed by atoms with Crippen molar-refractivity contribution in [1.82, 2.24) is 14.5 Å². The Morgan fingerprint density at radius 3 is 2.36 bits per heavy atom. The number of benzene rings is 2. The first-order chi connectivity index (χ1) is 13.3. The lowest BCUT2D eigenvalue weighted by Crippen LogP contribution is -2.47. The summed E-state index contributed by atoms with van der Waals surface area (Å²) in [5.74, 6) is -0.345. The van der Waals surface area contributed by atoms with E-state index < -0.39 is 10.0 Å². The molecule has 0 aromatic heterocycles. The highest BCUT2D eigenvalue weighted by molar-refractivity contribution is 7.89. The average Bonchev–Trinajstić information content (AvgIpc) is 2.69. The van der Waals surface area contributed by atoms with Crippen LogP contribution in [0.25, 0.3) is 0 Å². The van der Waals surface area contributed by atoms with Crippen molar-refractivity contribution in [3.63, 3.8) is 0 Å². The molecule has 1 N–H and O–H groups in total. The van der Waals surface area contributed by atoms with Crippen LogP contribution in [0.3, 0.4) is 0 Å². The van der Waals surface area contributed by atoms with Gasteiger partial charge in [-0.05, 0) is 37.7 Å². The highest BCUT2D eigenvalue weighted by Crippen LogP contribution is 2.27. The van der Waals surface area contributed by atoms with Gasteiger partial charge in [0, 0.05) is 31.7 Å². The molecule has 1 aliphatic rings. The summed E-state index contributed by atoms with van der Waals surface area (Å²) in [6.07, 6.45) is 0. The van der Waals surface area contributed by atoms with Gasteiger partial charge in [0.05, 0.1) is 11.1 Å². The molecule has 0 radical (unpaired) electrons. The summed E-state index contributed by atoms with van der Waals surface area (Å²) in [5, 5.41) is 3.02. The summed E-state index contributed by atoms with van der Waals surface area (Å²) >= 11 is 6.19. The highest BCUT2D eigenvalue weighted by atomic mass is 35.5. The van der Waals surface area contributed by atoms with Crippen LogP contribution in [-0.4, -0.2) is 56.8 Å². The molecule has 0 bridgehead atoms. The maximum Gasteiger partial charge on any atom is 0.251 e. The second-order valence-corrected chi connectivity index (χ2v) is 9.27. The third kappa shape index (κ3) is 4.55. The first kappa shape index (κ1) is 20.8. The quantitative estimate of drug-likeness (QED) is 0.805. The van der Waals surface area contributed by atoms with E-state index in [1.165, 1.54) is 16.4 Å². The fourth-order valence-corrected chi connectivity index (χ4v) is 5.04. The minimum absolute atomic E-state index is 0.0290. The fraction of sp³-hybridized carbons (Fsp3) is 0.350. The molecule has 1 amide bonds. The van der Waals surface area contributed by atoms with E-state index in [1.807, 2.05) is 44.3 Å². The number of hydrogen-bond donors (Lipinski definition) is 1. The van der Waals surface area contributed by atoms with Gasteiger partial charge in [0.25, 0.3) is 5.91 Å². The standard InChI is InChI=1S/C20H24ClN3O3S/c1-15(16-6-4-3-5-7-16)22-20(25)17-8-9-18(21)19(14-17)28(26,27)24-12-10-23(2)11-13-24/h3-9,14-15H,10-13H2,1-2H3,(H,22,25)/t15-/m1/s1. The molecule has 3 rings (SSSR count). The third-order valence-corrected chi connectivity index (χ3v) is 7.30. The Hall–Kier alpha value is -1.93. The lowest BCUT2D eigenvalue weighted by Gasteiger charge is -2.31. The number of halogens is 1. The molecule has 0 aliphatic carbocycles. The van der Waals surface area contributed by atoms with E-state index in [9.17, 15) is 13.2 Å². The van der Waals surface area contributed by atoms with Crippen LogP contribution in [0, 0.1) is 0 Å². The van der Waals surface area contributed by atoms with Gasteiger partial charge in [0.1, 0.15) is 4.90 Å². The van der Waals surface area contributed by atoms with Gasteiger partial charge in [-0.25, -0.2) is 8.42 Å². The summed E-state index contributed by atoms with van der Waals surface area (Å²) in [5.41, 5.74) is 1.23. The molecule has 0 spiro atoms. The van der Waals surface area contributed by atoms with Crippen LogP contribution in [0.1, 0.15) is 28.9 Å². The van der Waals surface area contributed by atoms with E-state index in [0.717, 1.165) is 5.56 Å². The zero-order valence-corrected chi connectivity index (χ0v) is 17.5. The largest absolute Gasteiger partial charge is 0.346 e. The monoisotopic (exact) mass is 421 g/mol. The summed E-state index contributed by atoms with van der Waals surface area (Å²) in [6.45, 7) is 4.00. The summed E-state index contributed by atoms with van der Waals surface area (Å²) < 4.78 is 27.5. The predicted octanol–water partition coefficient (Wildman–Crippen LogP) is 2.77. The topological polar surface area (TPSA) is 69.7 Å². The highest BCUT2D eigenvalue weighted by Gasteiger charge is 2.30. The van der Waals surface area contributed by atoms with E-state index in [-0.39, 0.29) is 27.4 Å². The Morgan fingerprint density at radius 2 is 1.71 bits per heavy atom. The number of piperazine rings is 1. The normalized spacial score (nSPS) is 17.2. The first-order valence-corrected chi connectivity index (χ1v) is 10.9. The van der Waals surface area contributed by atoms with Gasteiger partial charge < -0.3 is 10.2 Å². The van der Waals surface area contributed by atoms with Crippen LogP contribution in [0.5, 0.6) is 0 Å². The molecule has 2 aromatic rings. The third-order valence-electron chi connectivity index (χ3n) is 4.92. The van der Waals surface area contributed by atoms with Crippen LogP contribution in [0.15, 0.2) is 53.4 Å². The Kier molecular flexibility index (Phi) is 6.40. The van der Waals surface area contributed by atoms with E-state index in [4.69, 9.17) is 11.6 Å². The molecule has 1 fully saturated rings. The number of rotatable bonds is 5. The van der Waals surface area contributed by atoms with Crippen molar-refractivity contribution in [3.8, 4) is 0 Å². The Balaban J connectivity index is 1.82. The second kappa shape index (κ2) is 8.61. The number of nitrogens with one attached hydrogen (secondary N) is 1. The van der Waals surface area contributed by atoms with Gasteiger partial charge in [-0.3, -0.25) is 4.79 Å². The van der Waals surface area contributed by atoms with Crippen LogP contribution in [-0.2, 0) is 10.0 Å². The molecule has 1 atom stereocenters. The lowest BCUT2D eigenvalue weighted by atomic mass is 10.1. The summed E-state index contributed by atoms with van der Waals surface area (Å²) in [7, 11) is -1.80. The molecular formula is C20H24ClN3O3S. The number of carbonyl (C=O) groups excluding carboxylic acids is 1. The molecule has 28 heavy (non-hydrogen) atoms. The number of sulfonamides is 1. The van der Waals surface area contributed by atoms with Crippen molar-refractivity contribution < 1.29 is 13.2 Å². The maximum absolute atomic E-state index is 13.0. The van der Waals surface area contributed by atoms with Crippen molar-refractivity contribution in [2.45, 2.75) is 17.9 Å². The lowest BCUT2D eigenvalue weighted by molar-refractivity contribution is 0.0939. The molecular weight excluding hydrogens is 398 g/mol. The number of likely N-dealkylation sites (N-methyl/N-ethyl adjacent to an activating group) is 1. The van der Waals surface area contributed by atoms with Crippen LogP contribution in [0.2, 0.25) is 5.02 Å². The van der Waals surface area contributed by atoms with Gasteiger partial charge in [0.2, 0.25) is 10.0 Å². The fourth-order valence-electron chi connectivity index (χ4n) is 3.11. The minimum Gasteiger partial charge on any atom is -0.346 e. The molecule has 1 saturated heterocycles. The molecule has 0 unspecified atom stereocenters. The predicted molar refractivity (Wildman–Crippen MR) is 110 cm³/mol. The molecule has 6 nitrogen and oxygen atoms in total. The molecule has 8 heteroatoms. The molecule has 2 aromatic carbocycles. The number of nitrogens with zero attached hydrogens (tertiary/aromatic N) is 2.